The van der Waals surface area contributed by atoms with E-state index < -0.39 is 0 Å². The SMILES string of the molecule is Cc1cc(Oc2cc(Br)cc(C#N)c2)ccc1Cl. The quantitative estimate of drug-likeness (QED) is 0.773. The van der Waals surface area contributed by atoms with E-state index in [1.165, 1.54) is 0 Å². The maximum atomic E-state index is 8.89. The van der Waals surface area contributed by atoms with Crippen molar-refractivity contribution in [2.75, 3.05) is 0 Å². The van der Waals surface area contributed by atoms with Crippen LogP contribution in [-0.2, 0) is 0 Å². The number of halogens is 2. The van der Waals surface area contributed by atoms with E-state index in [-0.39, 0.29) is 0 Å². The van der Waals surface area contributed by atoms with E-state index >= 15 is 0 Å². The highest BCUT2D eigenvalue weighted by atomic mass is 79.9. The van der Waals surface area contributed by atoms with Gasteiger partial charge in [-0.2, -0.15) is 5.26 Å². The molecule has 2 aromatic carbocycles. The van der Waals surface area contributed by atoms with Gasteiger partial charge in [-0.1, -0.05) is 27.5 Å². The van der Waals surface area contributed by atoms with Crippen LogP contribution in [0.5, 0.6) is 11.5 Å². The smallest absolute Gasteiger partial charge is 0.129 e. The van der Waals surface area contributed by atoms with Crippen LogP contribution in [0.1, 0.15) is 11.1 Å². The number of rotatable bonds is 2. The maximum Gasteiger partial charge on any atom is 0.129 e. The van der Waals surface area contributed by atoms with Gasteiger partial charge in [0.1, 0.15) is 11.5 Å². The van der Waals surface area contributed by atoms with Gasteiger partial charge in [0.25, 0.3) is 0 Å². The molecule has 0 amide bonds. The van der Waals surface area contributed by atoms with Crippen LogP contribution in [0.4, 0.5) is 0 Å². The molecule has 90 valence electrons. The summed E-state index contributed by atoms with van der Waals surface area (Å²) in [5.41, 5.74) is 1.50. The molecule has 0 N–H and O–H groups in total. The van der Waals surface area contributed by atoms with Crippen molar-refractivity contribution in [2.24, 2.45) is 0 Å². The molecule has 2 nitrogen and oxygen atoms in total. The number of nitriles is 1. The Bertz CT molecular complexity index is 634. The van der Waals surface area contributed by atoms with E-state index in [0.29, 0.717) is 22.1 Å². The van der Waals surface area contributed by atoms with Gasteiger partial charge >= 0.3 is 0 Å². The van der Waals surface area contributed by atoms with Gasteiger partial charge in [0.2, 0.25) is 0 Å². The minimum atomic E-state index is 0.546. The predicted octanol–water partition coefficient (Wildman–Crippen LogP) is 5.07. The molecule has 0 fully saturated rings. The molecule has 0 heterocycles. The summed E-state index contributed by atoms with van der Waals surface area (Å²) in [6.07, 6.45) is 0. The molecule has 0 unspecified atom stereocenters. The first-order valence-corrected chi connectivity index (χ1v) is 6.40. The van der Waals surface area contributed by atoms with Crippen molar-refractivity contribution in [3.8, 4) is 17.6 Å². The third-order valence-corrected chi connectivity index (χ3v) is 3.25. The van der Waals surface area contributed by atoms with Crippen molar-refractivity contribution in [3.05, 3.63) is 57.0 Å². The highest BCUT2D eigenvalue weighted by Gasteiger charge is 2.03. The summed E-state index contributed by atoms with van der Waals surface area (Å²) < 4.78 is 6.51. The zero-order valence-electron chi connectivity index (χ0n) is 9.58. The molecular weight excluding hydrogens is 314 g/mol. The third kappa shape index (κ3) is 3.04. The Kier molecular flexibility index (Phi) is 3.90. The maximum absolute atomic E-state index is 8.89. The second kappa shape index (κ2) is 5.43. The molecule has 0 aromatic heterocycles. The highest BCUT2D eigenvalue weighted by Crippen LogP contribution is 2.28. The van der Waals surface area contributed by atoms with E-state index in [2.05, 4.69) is 22.0 Å². The Morgan fingerprint density at radius 1 is 1.17 bits per heavy atom. The van der Waals surface area contributed by atoms with E-state index in [0.717, 1.165) is 10.0 Å². The Labute approximate surface area is 119 Å². The fraction of sp³-hybridized carbons (Fsp3) is 0.0714. The second-order valence-corrected chi connectivity index (χ2v) is 5.12. The molecule has 2 rings (SSSR count). The van der Waals surface area contributed by atoms with Crippen LogP contribution in [0.3, 0.4) is 0 Å². The molecule has 0 spiro atoms. The lowest BCUT2D eigenvalue weighted by Crippen LogP contribution is -1.87. The normalized spacial score (nSPS) is 9.89. The first-order valence-electron chi connectivity index (χ1n) is 5.23. The average molecular weight is 323 g/mol. The standard InChI is InChI=1S/C14H9BrClNO/c1-9-4-12(2-3-14(9)16)18-13-6-10(8-17)5-11(15)7-13/h2-7H,1H3. The minimum Gasteiger partial charge on any atom is -0.457 e. The molecule has 18 heavy (non-hydrogen) atoms. The Balaban J connectivity index is 2.31. The molecular formula is C14H9BrClNO. The number of hydrogen-bond acceptors (Lipinski definition) is 2. The first-order chi connectivity index (χ1) is 8.58. The summed E-state index contributed by atoms with van der Waals surface area (Å²) in [5.74, 6) is 1.31. The van der Waals surface area contributed by atoms with Gasteiger partial charge in [-0.25, -0.2) is 0 Å². The van der Waals surface area contributed by atoms with Crippen LogP contribution in [0.25, 0.3) is 0 Å². The van der Waals surface area contributed by atoms with Crippen molar-refractivity contribution < 1.29 is 4.74 Å². The number of aryl methyl sites for hydroxylation is 1. The lowest BCUT2D eigenvalue weighted by atomic mass is 10.2. The highest BCUT2D eigenvalue weighted by molar-refractivity contribution is 9.10. The van der Waals surface area contributed by atoms with Crippen LogP contribution in [-0.4, -0.2) is 0 Å². The largest absolute Gasteiger partial charge is 0.457 e. The van der Waals surface area contributed by atoms with Gasteiger partial charge < -0.3 is 4.74 Å². The van der Waals surface area contributed by atoms with Crippen molar-refractivity contribution in [3.63, 3.8) is 0 Å². The summed E-state index contributed by atoms with van der Waals surface area (Å²) >= 11 is 9.29. The molecule has 0 radical (unpaired) electrons. The summed E-state index contributed by atoms with van der Waals surface area (Å²) in [4.78, 5) is 0. The zero-order valence-corrected chi connectivity index (χ0v) is 11.9. The van der Waals surface area contributed by atoms with Gasteiger partial charge in [-0.05, 0) is 48.9 Å². The lowest BCUT2D eigenvalue weighted by molar-refractivity contribution is 0.482. The fourth-order valence-electron chi connectivity index (χ4n) is 1.50. The van der Waals surface area contributed by atoms with Gasteiger partial charge in [0, 0.05) is 9.50 Å². The summed E-state index contributed by atoms with van der Waals surface area (Å²) in [6.45, 7) is 1.91. The number of ether oxygens (including phenoxy) is 1. The monoisotopic (exact) mass is 321 g/mol. The van der Waals surface area contributed by atoms with E-state index in [1.54, 1.807) is 24.3 Å². The van der Waals surface area contributed by atoms with E-state index in [1.807, 2.05) is 19.1 Å². The Morgan fingerprint density at radius 3 is 2.61 bits per heavy atom. The topological polar surface area (TPSA) is 33.0 Å². The van der Waals surface area contributed by atoms with Gasteiger partial charge in [0.15, 0.2) is 0 Å². The molecule has 0 aliphatic carbocycles. The van der Waals surface area contributed by atoms with Gasteiger partial charge in [0.05, 0.1) is 11.6 Å². The van der Waals surface area contributed by atoms with Gasteiger partial charge in [-0.3, -0.25) is 0 Å². The average Bonchev–Trinajstić information content (AvgIpc) is 2.33. The number of nitrogens with zero attached hydrogens (tertiary/aromatic N) is 1. The molecule has 0 aliphatic heterocycles. The van der Waals surface area contributed by atoms with Crippen LogP contribution in [0.2, 0.25) is 5.02 Å². The van der Waals surface area contributed by atoms with Crippen LogP contribution in [0.15, 0.2) is 40.9 Å². The molecule has 0 atom stereocenters. The number of benzene rings is 2. The molecule has 4 heteroatoms. The lowest BCUT2D eigenvalue weighted by Gasteiger charge is -2.08. The molecule has 0 bridgehead atoms. The van der Waals surface area contributed by atoms with Crippen molar-refractivity contribution in [2.45, 2.75) is 6.92 Å². The third-order valence-electron chi connectivity index (χ3n) is 2.37. The summed E-state index contributed by atoms with van der Waals surface area (Å²) in [5, 5.41) is 9.59. The molecule has 2 aromatic rings. The van der Waals surface area contributed by atoms with Crippen LogP contribution in [0, 0.1) is 18.3 Å². The Hall–Kier alpha value is -1.50. The van der Waals surface area contributed by atoms with Crippen molar-refractivity contribution in [1.82, 2.24) is 0 Å². The molecule has 0 saturated heterocycles. The fourth-order valence-corrected chi connectivity index (χ4v) is 2.09. The van der Waals surface area contributed by atoms with Crippen LogP contribution >= 0.6 is 27.5 Å². The summed E-state index contributed by atoms with van der Waals surface area (Å²) in [7, 11) is 0. The van der Waals surface area contributed by atoms with Gasteiger partial charge in [-0.15, -0.1) is 0 Å². The predicted molar refractivity (Wildman–Crippen MR) is 75.1 cm³/mol. The molecule has 0 aliphatic rings. The number of hydrogen-bond donors (Lipinski definition) is 0. The van der Waals surface area contributed by atoms with Crippen molar-refractivity contribution >= 4 is 27.5 Å². The Morgan fingerprint density at radius 2 is 1.94 bits per heavy atom. The van der Waals surface area contributed by atoms with Crippen LogP contribution < -0.4 is 4.74 Å². The zero-order chi connectivity index (χ0) is 13.1. The van der Waals surface area contributed by atoms with Crippen molar-refractivity contribution in [1.29, 1.82) is 5.26 Å². The first kappa shape index (κ1) is 12.9. The summed E-state index contributed by atoms with van der Waals surface area (Å²) in [6, 6.07) is 12.8. The molecule has 0 saturated carbocycles. The minimum absolute atomic E-state index is 0.546. The van der Waals surface area contributed by atoms with E-state index in [4.69, 9.17) is 21.6 Å². The second-order valence-electron chi connectivity index (χ2n) is 3.80. The van der Waals surface area contributed by atoms with E-state index in [9.17, 15) is 0 Å².